The average molecular weight is 539 g/mol. The third-order valence-electron chi connectivity index (χ3n) is 7.58. The molecule has 0 aromatic heterocycles. The number of halogens is 1. The molecule has 2 heteroatoms. The van der Waals surface area contributed by atoms with Crippen LogP contribution in [0, 0.1) is 0 Å². The summed E-state index contributed by atoms with van der Waals surface area (Å²) in [6.07, 6.45) is 0. The first-order valence-corrected chi connectivity index (χ1v) is 13.2. The van der Waals surface area contributed by atoms with E-state index in [0.717, 1.165) is 54.2 Å². The Balaban J connectivity index is 1.49. The molecule has 1 nitrogen and oxygen atoms in total. The molecular weight excluding hydrogens is 516 g/mol. The average Bonchev–Trinajstić information content (AvgIpc) is 2.96. The van der Waals surface area contributed by atoms with Gasteiger partial charge >= 0.3 is 0 Å². The quantitative estimate of drug-likeness (QED) is 0.238. The molecule has 1 aliphatic rings. The van der Waals surface area contributed by atoms with Crippen LogP contribution in [-0.2, 0) is 5.60 Å². The van der Waals surface area contributed by atoms with Crippen LogP contribution in [0.2, 0.25) is 0 Å². The molecule has 1 atom stereocenters. The van der Waals surface area contributed by atoms with Crippen LogP contribution >= 0.6 is 15.9 Å². The first-order chi connectivity index (χ1) is 18.1. The standard InChI is InChI=1S/C35H23BrO/c36-27-20-21-29-30-13-6-10-26-11-7-15-32(34(26)30)35(37,33(29)22-27)31-14-5-4-12-28(31)25-18-16-24(17-19-25)23-8-2-1-3-9-23/h1-22,37H. The van der Waals surface area contributed by atoms with E-state index >= 15 is 0 Å². The molecule has 0 spiro atoms. The molecule has 6 aromatic carbocycles. The van der Waals surface area contributed by atoms with Crippen molar-refractivity contribution in [2.45, 2.75) is 5.60 Å². The van der Waals surface area contributed by atoms with E-state index in [9.17, 15) is 5.11 Å². The van der Waals surface area contributed by atoms with E-state index in [4.69, 9.17) is 0 Å². The predicted octanol–water partition coefficient (Wildman–Crippen LogP) is 9.20. The summed E-state index contributed by atoms with van der Waals surface area (Å²) in [7, 11) is 0. The minimum absolute atomic E-state index is 0.879. The maximum Gasteiger partial charge on any atom is 0.142 e. The lowest BCUT2D eigenvalue weighted by molar-refractivity contribution is 0.127. The van der Waals surface area contributed by atoms with Crippen molar-refractivity contribution in [2.75, 3.05) is 0 Å². The van der Waals surface area contributed by atoms with E-state index < -0.39 is 5.60 Å². The van der Waals surface area contributed by atoms with Crippen molar-refractivity contribution in [3.63, 3.8) is 0 Å². The van der Waals surface area contributed by atoms with Gasteiger partial charge in [0.25, 0.3) is 0 Å². The lowest BCUT2D eigenvalue weighted by Crippen LogP contribution is -2.32. The maximum atomic E-state index is 12.9. The zero-order valence-corrected chi connectivity index (χ0v) is 21.6. The van der Waals surface area contributed by atoms with E-state index in [-0.39, 0.29) is 0 Å². The highest BCUT2D eigenvalue weighted by Crippen LogP contribution is 2.52. The van der Waals surface area contributed by atoms with Crippen molar-refractivity contribution < 1.29 is 5.11 Å². The van der Waals surface area contributed by atoms with Crippen LogP contribution in [0.5, 0.6) is 0 Å². The first-order valence-electron chi connectivity index (χ1n) is 12.4. The second kappa shape index (κ2) is 8.55. The third kappa shape index (κ3) is 3.41. The van der Waals surface area contributed by atoms with Gasteiger partial charge in [0.2, 0.25) is 0 Å². The van der Waals surface area contributed by atoms with Gasteiger partial charge in [-0.1, -0.05) is 137 Å². The SMILES string of the molecule is OC1(c2ccccc2-c2ccc(-c3ccccc3)cc2)c2cc(Br)ccc2-c2cccc3cccc1c23. The van der Waals surface area contributed by atoms with Gasteiger partial charge in [0.05, 0.1) is 0 Å². The smallest absolute Gasteiger partial charge is 0.142 e. The van der Waals surface area contributed by atoms with Crippen molar-refractivity contribution in [1.82, 2.24) is 0 Å². The minimum Gasteiger partial charge on any atom is -0.376 e. The Bertz CT molecular complexity index is 1780. The highest BCUT2D eigenvalue weighted by molar-refractivity contribution is 9.10. The molecule has 1 N–H and O–H groups in total. The van der Waals surface area contributed by atoms with Crippen LogP contribution in [-0.4, -0.2) is 5.11 Å². The summed E-state index contributed by atoms with van der Waals surface area (Å²) < 4.78 is 0.945. The summed E-state index contributed by atoms with van der Waals surface area (Å²) in [5.74, 6) is 0. The fourth-order valence-corrected chi connectivity index (χ4v) is 6.24. The van der Waals surface area contributed by atoms with Gasteiger partial charge in [-0.2, -0.15) is 0 Å². The molecule has 0 saturated heterocycles. The molecule has 0 fully saturated rings. The number of rotatable bonds is 3. The summed E-state index contributed by atoms with van der Waals surface area (Å²) in [5.41, 5.74) is 8.04. The van der Waals surface area contributed by atoms with Crippen molar-refractivity contribution >= 4 is 26.7 Å². The normalized spacial score (nSPS) is 15.9. The van der Waals surface area contributed by atoms with Crippen LogP contribution in [0.15, 0.2) is 138 Å². The molecule has 0 aliphatic heterocycles. The van der Waals surface area contributed by atoms with Gasteiger partial charge in [-0.25, -0.2) is 0 Å². The molecule has 7 rings (SSSR count). The zero-order chi connectivity index (χ0) is 25.0. The van der Waals surface area contributed by atoms with Gasteiger partial charge in [0, 0.05) is 21.2 Å². The van der Waals surface area contributed by atoms with Crippen LogP contribution < -0.4 is 0 Å². The molecule has 0 amide bonds. The maximum absolute atomic E-state index is 12.9. The Morgan fingerprint density at radius 1 is 0.459 bits per heavy atom. The van der Waals surface area contributed by atoms with Gasteiger partial charge in [-0.05, 0) is 56.3 Å². The number of benzene rings is 6. The molecule has 0 saturated carbocycles. The molecule has 0 radical (unpaired) electrons. The molecule has 6 aromatic rings. The van der Waals surface area contributed by atoms with Crippen LogP contribution in [0.3, 0.4) is 0 Å². The van der Waals surface area contributed by atoms with Crippen LogP contribution in [0.25, 0.3) is 44.2 Å². The Morgan fingerprint density at radius 2 is 1.08 bits per heavy atom. The van der Waals surface area contributed by atoms with Crippen LogP contribution in [0.1, 0.15) is 16.7 Å². The topological polar surface area (TPSA) is 20.2 Å². The zero-order valence-electron chi connectivity index (χ0n) is 20.0. The summed E-state index contributed by atoms with van der Waals surface area (Å²) in [5, 5.41) is 15.2. The molecule has 1 aliphatic carbocycles. The Labute approximate surface area is 224 Å². The van der Waals surface area contributed by atoms with Gasteiger partial charge in [-0.15, -0.1) is 0 Å². The number of hydrogen-bond acceptors (Lipinski definition) is 1. The Kier molecular flexibility index (Phi) is 5.14. The van der Waals surface area contributed by atoms with E-state index in [0.29, 0.717) is 0 Å². The van der Waals surface area contributed by atoms with Crippen molar-refractivity contribution in [1.29, 1.82) is 0 Å². The minimum atomic E-state index is -1.32. The monoisotopic (exact) mass is 538 g/mol. The summed E-state index contributed by atoms with van der Waals surface area (Å²) in [6.45, 7) is 0. The van der Waals surface area contributed by atoms with Crippen molar-refractivity contribution in [2.24, 2.45) is 0 Å². The first kappa shape index (κ1) is 22.2. The van der Waals surface area contributed by atoms with E-state index in [2.05, 4.69) is 125 Å². The number of fused-ring (bicyclic) bond motifs is 2. The summed E-state index contributed by atoms with van der Waals surface area (Å²) >= 11 is 3.67. The Morgan fingerprint density at radius 3 is 1.89 bits per heavy atom. The third-order valence-corrected chi connectivity index (χ3v) is 8.07. The predicted molar refractivity (Wildman–Crippen MR) is 156 cm³/mol. The summed E-state index contributed by atoms with van der Waals surface area (Å²) in [4.78, 5) is 0. The Hall–Kier alpha value is -3.98. The van der Waals surface area contributed by atoms with Gasteiger partial charge in [-0.3, -0.25) is 0 Å². The molecule has 176 valence electrons. The highest BCUT2D eigenvalue weighted by Gasteiger charge is 2.42. The van der Waals surface area contributed by atoms with E-state index in [1.807, 2.05) is 24.3 Å². The highest BCUT2D eigenvalue weighted by atomic mass is 79.9. The summed E-state index contributed by atoms with van der Waals surface area (Å²) in [6, 6.07) is 46.2. The number of aliphatic hydroxyl groups is 1. The molecule has 0 bridgehead atoms. The van der Waals surface area contributed by atoms with Crippen LogP contribution in [0.4, 0.5) is 0 Å². The lowest BCUT2D eigenvalue weighted by atomic mass is 9.69. The van der Waals surface area contributed by atoms with Crippen molar-refractivity contribution in [3.8, 4) is 33.4 Å². The van der Waals surface area contributed by atoms with E-state index in [1.165, 1.54) is 11.1 Å². The largest absolute Gasteiger partial charge is 0.376 e. The fraction of sp³-hybridized carbons (Fsp3) is 0.0286. The second-order valence-electron chi connectivity index (χ2n) is 9.60. The van der Waals surface area contributed by atoms with E-state index in [1.54, 1.807) is 0 Å². The second-order valence-corrected chi connectivity index (χ2v) is 10.5. The molecule has 0 heterocycles. The molecule has 1 unspecified atom stereocenters. The fourth-order valence-electron chi connectivity index (χ4n) is 5.88. The van der Waals surface area contributed by atoms with Gasteiger partial charge < -0.3 is 5.11 Å². The van der Waals surface area contributed by atoms with Gasteiger partial charge in [0.15, 0.2) is 0 Å². The lowest BCUT2D eigenvalue weighted by Gasteiger charge is -2.38. The molecule has 37 heavy (non-hydrogen) atoms. The van der Waals surface area contributed by atoms with Crippen molar-refractivity contribution in [3.05, 3.63) is 155 Å². The molecular formula is C35H23BrO. The number of hydrogen-bond donors (Lipinski definition) is 1. The van der Waals surface area contributed by atoms with Gasteiger partial charge in [0.1, 0.15) is 5.60 Å².